The molecule has 3 nitrogen and oxygen atoms in total. The molecule has 1 aromatic rings. The zero-order valence-electron chi connectivity index (χ0n) is 11.1. The zero-order valence-corrected chi connectivity index (χ0v) is 11.1. The Labute approximate surface area is 104 Å². The van der Waals surface area contributed by atoms with Crippen molar-refractivity contribution in [3.8, 4) is 5.75 Å². The Morgan fingerprint density at radius 3 is 2.47 bits per heavy atom. The summed E-state index contributed by atoms with van der Waals surface area (Å²) < 4.78 is 10.6. The molecule has 0 unspecified atom stereocenters. The summed E-state index contributed by atoms with van der Waals surface area (Å²) in [5, 5.41) is 2.31. The lowest BCUT2D eigenvalue weighted by molar-refractivity contribution is -0.671. The molecule has 0 heterocycles. The van der Waals surface area contributed by atoms with Crippen LogP contribution < -0.4 is 10.1 Å². The number of rotatable bonds is 8. The topological polar surface area (TPSA) is 35.1 Å². The van der Waals surface area contributed by atoms with Gasteiger partial charge in [0.25, 0.3) is 0 Å². The number of quaternary nitrogens is 1. The van der Waals surface area contributed by atoms with E-state index in [0.717, 1.165) is 31.9 Å². The van der Waals surface area contributed by atoms with Gasteiger partial charge in [-0.15, -0.1) is 0 Å². The van der Waals surface area contributed by atoms with Crippen molar-refractivity contribution in [3.05, 3.63) is 29.8 Å². The van der Waals surface area contributed by atoms with Crippen LogP contribution in [0.2, 0.25) is 0 Å². The molecule has 0 amide bonds. The van der Waals surface area contributed by atoms with Gasteiger partial charge in [-0.3, -0.25) is 0 Å². The van der Waals surface area contributed by atoms with Crippen molar-refractivity contribution >= 4 is 0 Å². The fourth-order valence-corrected chi connectivity index (χ4v) is 1.58. The lowest BCUT2D eigenvalue weighted by Gasteiger charge is -2.07. The van der Waals surface area contributed by atoms with Crippen molar-refractivity contribution in [2.24, 2.45) is 0 Å². The summed E-state index contributed by atoms with van der Waals surface area (Å²) in [6.07, 6.45) is 1.45. The van der Waals surface area contributed by atoms with Crippen molar-refractivity contribution < 1.29 is 14.8 Å². The van der Waals surface area contributed by atoms with Crippen molar-refractivity contribution in [2.45, 2.75) is 32.9 Å². The van der Waals surface area contributed by atoms with Gasteiger partial charge >= 0.3 is 0 Å². The molecule has 0 aliphatic rings. The first-order chi connectivity index (χ1) is 8.22. The number of hydrogen-bond acceptors (Lipinski definition) is 2. The van der Waals surface area contributed by atoms with Crippen LogP contribution in [0.4, 0.5) is 0 Å². The third-order valence-electron chi connectivity index (χ3n) is 2.54. The predicted molar refractivity (Wildman–Crippen MR) is 69.2 cm³/mol. The lowest BCUT2D eigenvalue weighted by atomic mass is 10.2. The third kappa shape index (κ3) is 6.29. The minimum Gasteiger partial charge on any atom is -0.497 e. The molecule has 96 valence electrons. The summed E-state index contributed by atoms with van der Waals surface area (Å²) in [6.45, 7) is 7.13. The molecule has 0 fully saturated rings. The number of nitrogens with two attached hydrogens (primary N) is 1. The lowest BCUT2D eigenvalue weighted by Crippen LogP contribution is -2.82. The molecular weight excluding hydrogens is 214 g/mol. The Balaban J connectivity index is 2.09. The second-order valence-electron chi connectivity index (χ2n) is 4.40. The van der Waals surface area contributed by atoms with E-state index in [1.54, 1.807) is 7.11 Å². The Kier molecular flexibility index (Phi) is 6.67. The van der Waals surface area contributed by atoms with Gasteiger partial charge in [0.2, 0.25) is 0 Å². The number of benzene rings is 1. The summed E-state index contributed by atoms with van der Waals surface area (Å²) in [7, 11) is 1.69. The standard InChI is InChI=1S/C14H23NO2/c1-12(2)17-10-4-9-15-11-13-5-7-14(16-3)8-6-13/h5-8,12,15H,4,9-11H2,1-3H3/p+1. The molecule has 0 saturated carbocycles. The average Bonchev–Trinajstić information content (AvgIpc) is 2.34. The van der Waals surface area contributed by atoms with Crippen molar-refractivity contribution in [1.29, 1.82) is 0 Å². The monoisotopic (exact) mass is 238 g/mol. The fourth-order valence-electron chi connectivity index (χ4n) is 1.58. The number of ether oxygens (including phenoxy) is 2. The molecule has 1 rings (SSSR count). The highest BCUT2D eigenvalue weighted by Gasteiger charge is 1.98. The molecule has 0 spiro atoms. The Morgan fingerprint density at radius 2 is 1.88 bits per heavy atom. The predicted octanol–water partition coefficient (Wildman–Crippen LogP) is 1.57. The van der Waals surface area contributed by atoms with E-state index in [1.807, 2.05) is 12.1 Å². The van der Waals surface area contributed by atoms with E-state index < -0.39 is 0 Å². The SMILES string of the molecule is COc1ccc(C[NH2+]CCCOC(C)C)cc1. The quantitative estimate of drug-likeness (QED) is 0.698. The fraction of sp³-hybridized carbons (Fsp3) is 0.571. The molecule has 1 aromatic carbocycles. The van der Waals surface area contributed by atoms with Gasteiger partial charge in [-0.25, -0.2) is 0 Å². The summed E-state index contributed by atoms with van der Waals surface area (Å²) in [6, 6.07) is 8.23. The second kappa shape index (κ2) is 8.09. The minimum absolute atomic E-state index is 0.344. The van der Waals surface area contributed by atoms with Crippen molar-refractivity contribution in [1.82, 2.24) is 0 Å². The maximum Gasteiger partial charge on any atom is 0.118 e. The van der Waals surface area contributed by atoms with E-state index >= 15 is 0 Å². The molecule has 0 saturated heterocycles. The summed E-state index contributed by atoms with van der Waals surface area (Å²) in [4.78, 5) is 0. The normalized spacial score (nSPS) is 10.8. The van der Waals surface area contributed by atoms with Crippen LogP contribution in [0.15, 0.2) is 24.3 Å². The van der Waals surface area contributed by atoms with Gasteiger partial charge in [-0.05, 0) is 38.1 Å². The Bertz CT molecular complexity index is 296. The highest BCUT2D eigenvalue weighted by atomic mass is 16.5. The van der Waals surface area contributed by atoms with E-state index in [9.17, 15) is 0 Å². The van der Waals surface area contributed by atoms with Crippen LogP contribution in [0.3, 0.4) is 0 Å². The van der Waals surface area contributed by atoms with Gasteiger partial charge in [-0.1, -0.05) is 0 Å². The molecule has 3 heteroatoms. The number of hydrogen-bond donors (Lipinski definition) is 1. The minimum atomic E-state index is 0.344. The van der Waals surface area contributed by atoms with E-state index in [4.69, 9.17) is 9.47 Å². The zero-order chi connectivity index (χ0) is 12.5. The van der Waals surface area contributed by atoms with Gasteiger partial charge in [0, 0.05) is 12.0 Å². The van der Waals surface area contributed by atoms with Crippen LogP contribution in [0.25, 0.3) is 0 Å². The largest absolute Gasteiger partial charge is 0.497 e. The van der Waals surface area contributed by atoms with E-state index in [0.29, 0.717) is 6.10 Å². The molecule has 0 atom stereocenters. The average molecular weight is 238 g/mol. The van der Waals surface area contributed by atoms with E-state index in [-0.39, 0.29) is 0 Å². The molecule has 0 radical (unpaired) electrons. The molecule has 0 aliphatic heterocycles. The van der Waals surface area contributed by atoms with Gasteiger partial charge in [0.1, 0.15) is 12.3 Å². The molecule has 0 aliphatic carbocycles. The molecule has 17 heavy (non-hydrogen) atoms. The van der Waals surface area contributed by atoms with Crippen LogP contribution in [-0.2, 0) is 11.3 Å². The Hall–Kier alpha value is -1.06. The number of methoxy groups -OCH3 is 1. The van der Waals surface area contributed by atoms with Gasteiger partial charge < -0.3 is 14.8 Å². The van der Waals surface area contributed by atoms with Gasteiger partial charge in [-0.2, -0.15) is 0 Å². The van der Waals surface area contributed by atoms with Crippen LogP contribution in [0, 0.1) is 0 Å². The van der Waals surface area contributed by atoms with Crippen LogP contribution in [0.5, 0.6) is 5.75 Å². The molecule has 0 aromatic heterocycles. The van der Waals surface area contributed by atoms with Gasteiger partial charge in [0.15, 0.2) is 0 Å². The first-order valence-electron chi connectivity index (χ1n) is 6.28. The summed E-state index contributed by atoms with van der Waals surface area (Å²) in [5.74, 6) is 0.916. The van der Waals surface area contributed by atoms with Crippen LogP contribution >= 0.6 is 0 Å². The second-order valence-corrected chi connectivity index (χ2v) is 4.40. The highest BCUT2D eigenvalue weighted by Crippen LogP contribution is 2.09. The van der Waals surface area contributed by atoms with E-state index in [2.05, 4.69) is 31.3 Å². The highest BCUT2D eigenvalue weighted by molar-refractivity contribution is 5.26. The van der Waals surface area contributed by atoms with Gasteiger partial charge in [0.05, 0.1) is 26.4 Å². The maximum atomic E-state index is 5.49. The Morgan fingerprint density at radius 1 is 1.18 bits per heavy atom. The summed E-state index contributed by atoms with van der Waals surface area (Å²) in [5.41, 5.74) is 1.33. The van der Waals surface area contributed by atoms with E-state index in [1.165, 1.54) is 5.56 Å². The van der Waals surface area contributed by atoms with Crippen LogP contribution in [0.1, 0.15) is 25.8 Å². The van der Waals surface area contributed by atoms with Crippen LogP contribution in [-0.4, -0.2) is 26.4 Å². The van der Waals surface area contributed by atoms with Crippen molar-refractivity contribution in [3.63, 3.8) is 0 Å². The molecule has 0 bridgehead atoms. The first-order valence-corrected chi connectivity index (χ1v) is 6.28. The maximum absolute atomic E-state index is 5.49. The first kappa shape index (κ1) is 14.0. The molecular formula is C14H24NO2+. The van der Waals surface area contributed by atoms with Crippen molar-refractivity contribution in [2.75, 3.05) is 20.3 Å². The summed E-state index contributed by atoms with van der Waals surface area (Å²) >= 11 is 0. The smallest absolute Gasteiger partial charge is 0.118 e. The third-order valence-corrected chi connectivity index (χ3v) is 2.54. The molecule has 2 N–H and O–H groups in total.